The van der Waals surface area contributed by atoms with Crippen LogP contribution < -0.4 is 0 Å². The second-order valence-corrected chi connectivity index (χ2v) is 7.43. The molecule has 1 saturated carbocycles. The van der Waals surface area contributed by atoms with Crippen LogP contribution in [0, 0.1) is 10.1 Å². The molecule has 2 heterocycles. The molecule has 1 aromatic heterocycles. The second kappa shape index (κ2) is 6.14. The Kier molecular flexibility index (Phi) is 3.97. The molecule has 1 aliphatic heterocycles. The summed E-state index contributed by atoms with van der Waals surface area (Å²) >= 11 is 1.40. The number of nitro benzene ring substituents is 1. The number of nitrogens with zero attached hydrogens (tertiary/aromatic N) is 2. The molecule has 0 radical (unpaired) electrons. The molecule has 2 aliphatic rings. The molecule has 0 spiro atoms. The lowest BCUT2D eigenvalue weighted by atomic mass is 9.90. The third kappa shape index (κ3) is 2.67. The van der Waals surface area contributed by atoms with Crippen molar-refractivity contribution in [2.24, 2.45) is 0 Å². The van der Waals surface area contributed by atoms with E-state index in [1.165, 1.54) is 23.5 Å². The summed E-state index contributed by atoms with van der Waals surface area (Å²) in [5.41, 5.74) is 0.0537. The number of ether oxygens (including phenoxy) is 1. The lowest BCUT2D eigenvalue weighted by Gasteiger charge is -2.43. The first-order valence-electron chi connectivity index (χ1n) is 8.24. The van der Waals surface area contributed by atoms with Gasteiger partial charge in [0.25, 0.3) is 11.6 Å². The van der Waals surface area contributed by atoms with E-state index in [0.29, 0.717) is 18.0 Å². The van der Waals surface area contributed by atoms with Crippen LogP contribution in [0.5, 0.6) is 0 Å². The van der Waals surface area contributed by atoms with E-state index in [0.717, 1.165) is 35.8 Å². The maximum atomic E-state index is 13.0. The van der Waals surface area contributed by atoms with Crippen LogP contribution in [0.4, 0.5) is 5.69 Å². The largest absolute Gasteiger partial charge is 0.374 e. The highest BCUT2D eigenvalue weighted by Gasteiger charge is 2.37. The third-order valence-corrected chi connectivity index (χ3v) is 6.02. The SMILES string of the molecule is O=C(c1cc2cc([N+](=O)[O-])ccc2s1)N1CCO[C@H]2CCCC[C@H]21. The van der Waals surface area contributed by atoms with Gasteiger partial charge in [0.15, 0.2) is 0 Å². The van der Waals surface area contributed by atoms with E-state index in [-0.39, 0.29) is 23.7 Å². The molecule has 24 heavy (non-hydrogen) atoms. The zero-order valence-corrected chi connectivity index (χ0v) is 14.0. The van der Waals surface area contributed by atoms with E-state index in [1.807, 2.05) is 4.90 Å². The fourth-order valence-corrected chi connectivity index (χ4v) is 4.74. The van der Waals surface area contributed by atoms with Crippen LogP contribution in [0.2, 0.25) is 0 Å². The minimum absolute atomic E-state index is 0.0269. The van der Waals surface area contributed by atoms with E-state index >= 15 is 0 Å². The monoisotopic (exact) mass is 346 g/mol. The van der Waals surface area contributed by atoms with Gasteiger partial charge in [0.1, 0.15) is 0 Å². The fraction of sp³-hybridized carbons (Fsp3) is 0.471. The quantitative estimate of drug-likeness (QED) is 0.615. The molecule has 1 saturated heterocycles. The number of non-ortho nitro benzene ring substituents is 1. The standard InChI is InChI=1S/C17H18N2O4S/c20-17(18-7-8-23-14-4-2-1-3-13(14)18)16-10-11-9-12(19(21)22)5-6-15(11)24-16/h5-6,9-10,13-14H,1-4,7-8H2/t13-,14+/m1/s1. The zero-order chi connectivity index (χ0) is 16.7. The lowest BCUT2D eigenvalue weighted by molar-refractivity contribution is -0.384. The Morgan fingerprint density at radius 1 is 1.29 bits per heavy atom. The fourth-order valence-electron chi connectivity index (χ4n) is 3.74. The number of hydrogen-bond acceptors (Lipinski definition) is 5. The van der Waals surface area contributed by atoms with Crippen LogP contribution in [0.3, 0.4) is 0 Å². The molecule has 7 heteroatoms. The van der Waals surface area contributed by atoms with Gasteiger partial charge in [-0.1, -0.05) is 12.8 Å². The van der Waals surface area contributed by atoms with Crippen molar-refractivity contribution in [1.29, 1.82) is 0 Å². The number of amides is 1. The molecule has 2 fully saturated rings. The minimum atomic E-state index is -0.410. The van der Waals surface area contributed by atoms with Crippen molar-refractivity contribution >= 4 is 33.0 Å². The highest BCUT2D eigenvalue weighted by molar-refractivity contribution is 7.20. The summed E-state index contributed by atoms with van der Waals surface area (Å²) < 4.78 is 6.73. The maximum absolute atomic E-state index is 13.0. The Labute approximate surface area is 143 Å². The predicted octanol–water partition coefficient (Wildman–Crippen LogP) is 3.59. The van der Waals surface area contributed by atoms with Crippen molar-refractivity contribution in [2.45, 2.75) is 37.8 Å². The van der Waals surface area contributed by atoms with E-state index in [1.54, 1.807) is 12.1 Å². The number of benzene rings is 1. The molecule has 126 valence electrons. The maximum Gasteiger partial charge on any atom is 0.270 e. The van der Waals surface area contributed by atoms with Crippen LogP contribution in [0.15, 0.2) is 24.3 Å². The van der Waals surface area contributed by atoms with Gasteiger partial charge >= 0.3 is 0 Å². The van der Waals surface area contributed by atoms with Crippen molar-refractivity contribution in [3.8, 4) is 0 Å². The van der Waals surface area contributed by atoms with Gasteiger partial charge in [0.2, 0.25) is 0 Å². The molecule has 6 nitrogen and oxygen atoms in total. The number of carbonyl (C=O) groups excluding carboxylic acids is 1. The minimum Gasteiger partial charge on any atom is -0.374 e. The Hall–Kier alpha value is -1.99. The normalized spacial score (nSPS) is 23.9. The summed E-state index contributed by atoms with van der Waals surface area (Å²) in [5, 5.41) is 11.7. The molecule has 0 N–H and O–H groups in total. The van der Waals surface area contributed by atoms with E-state index in [4.69, 9.17) is 4.74 Å². The van der Waals surface area contributed by atoms with Gasteiger partial charge in [-0.05, 0) is 25.0 Å². The molecule has 2 aromatic rings. The molecule has 0 unspecified atom stereocenters. The van der Waals surface area contributed by atoms with Crippen molar-refractivity contribution < 1.29 is 14.5 Å². The zero-order valence-electron chi connectivity index (χ0n) is 13.1. The van der Waals surface area contributed by atoms with Crippen molar-refractivity contribution in [3.05, 3.63) is 39.3 Å². The van der Waals surface area contributed by atoms with E-state index < -0.39 is 4.92 Å². The average molecular weight is 346 g/mol. The van der Waals surface area contributed by atoms with E-state index in [9.17, 15) is 14.9 Å². The van der Waals surface area contributed by atoms with Crippen LogP contribution in [0.1, 0.15) is 35.4 Å². The summed E-state index contributed by atoms with van der Waals surface area (Å²) in [6.07, 6.45) is 4.47. The summed E-state index contributed by atoms with van der Waals surface area (Å²) in [4.78, 5) is 26.1. The van der Waals surface area contributed by atoms with Crippen LogP contribution in [-0.2, 0) is 4.74 Å². The number of nitro groups is 1. The molecule has 2 atom stereocenters. The summed E-state index contributed by atoms with van der Waals surface area (Å²) in [7, 11) is 0. The topological polar surface area (TPSA) is 72.7 Å². The number of carbonyl (C=O) groups is 1. The van der Waals surface area contributed by atoms with Crippen molar-refractivity contribution in [3.63, 3.8) is 0 Å². The van der Waals surface area contributed by atoms with Gasteiger partial charge < -0.3 is 9.64 Å². The van der Waals surface area contributed by atoms with Gasteiger partial charge in [-0.25, -0.2) is 0 Å². The van der Waals surface area contributed by atoms with Gasteiger partial charge in [-0.15, -0.1) is 11.3 Å². The second-order valence-electron chi connectivity index (χ2n) is 6.35. The molecule has 1 aliphatic carbocycles. The van der Waals surface area contributed by atoms with Gasteiger partial charge in [0.05, 0.1) is 28.6 Å². The smallest absolute Gasteiger partial charge is 0.270 e. The summed E-state index contributed by atoms with van der Waals surface area (Å²) in [6.45, 7) is 1.21. The number of rotatable bonds is 2. The average Bonchev–Trinajstić information content (AvgIpc) is 3.03. The van der Waals surface area contributed by atoms with Crippen LogP contribution in [0.25, 0.3) is 10.1 Å². The first kappa shape index (κ1) is 15.5. The number of hydrogen-bond donors (Lipinski definition) is 0. The molecule has 1 amide bonds. The Balaban J connectivity index is 1.63. The lowest BCUT2D eigenvalue weighted by Crippen LogP contribution is -2.54. The number of fused-ring (bicyclic) bond motifs is 2. The first-order valence-corrected chi connectivity index (χ1v) is 9.06. The van der Waals surface area contributed by atoms with Gasteiger partial charge in [-0.3, -0.25) is 14.9 Å². The van der Waals surface area contributed by atoms with Crippen molar-refractivity contribution in [1.82, 2.24) is 4.90 Å². The number of thiophene rings is 1. The molecule has 4 rings (SSSR count). The molecular formula is C17H18N2O4S. The highest BCUT2D eigenvalue weighted by atomic mass is 32.1. The highest BCUT2D eigenvalue weighted by Crippen LogP contribution is 2.33. The predicted molar refractivity (Wildman–Crippen MR) is 91.5 cm³/mol. The molecule has 1 aromatic carbocycles. The first-order chi connectivity index (χ1) is 11.6. The number of morpholine rings is 1. The summed E-state index contributed by atoms with van der Waals surface area (Å²) in [6, 6.07) is 6.68. The third-order valence-electron chi connectivity index (χ3n) is 4.91. The van der Waals surface area contributed by atoms with Crippen LogP contribution in [-0.4, -0.2) is 41.0 Å². The van der Waals surface area contributed by atoms with E-state index in [2.05, 4.69) is 0 Å². The summed E-state index contributed by atoms with van der Waals surface area (Å²) in [5.74, 6) is 0.0269. The van der Waals surface area contributed by atoms with Gasteiger partial charge in [0, 0.05) is 28.8 Å². The Morgan fingerprint density at radius 3 is 2.96 bits per heavy atom. The Bertz CT molecular complexity index is 801. The Morgan fingerprint density at radius 2 is 2.12 bits per heavy atom. The van der Waals surface area contributed by atoms with Crippen LogP contribution >= 0.6 is 11.3 Å². The molecule has 0 bridgehead atoms. The van der Waals surface area contributed by atoms with Crippen molar-refractivity contribution in [2.75, 3.05) is 13.2 Å². The van der Waals surface area contributed by atoms with Gasteiger partial charge in [-0.2, -0.15) is 0 Å². The molecular weight excluding hydrogens is 328 g/mol.